The molecule has 106 valence electrons. The molecule has 6 heteroatoms. The maximum Gasteiger partial charge on any atom is 0.475 e. The van der Waals surface area contributed by atoms with E-state index < -0.39 is 13.1 Å². The van der Waals surface area contributed by atoms with Crippen molar-refractivity contribution in [2.45, 2.75) is 30.7 Å². The maximum absolute atomic E-state index is 12.6. The van der Waals surface area contributed by atoms with Gasteiger partial charge >= 0.3 is 7.12 Å². The van der Waals surface area contributed by atoms with Gasteiger partial charge in [-0.15, -0.1) is 0 Å². The van der Waals surface area contributed by atoms with Crippen LogP contribution in [0, 0.1) is 0 Å². The summed E-state index contributed by atoms with van der Waals surface area (Å²) in [6, 6.07) is 9.75. The fraction of sp³-hybridized carbons (Fsp3) is 0.500. The van der Waals surface area contributed by atoms with Gasteiger partial charge < -0.3 is 20.3 Å². The highest BCUT2D eigenvalue weighted by Crippen LogP contribution is 2.29. The zero-order chi connectivity index (χ0) is 14.1. The molecule has 0 unspecified atom stereocenters. The van der Waals surface area contributed by atoms with Gasteiger partial charge in [-0.1, -0.05) is 30.3 Å². The van der Waals surface area contributed by atoms with Crippen LogP contribution in [0.15, 0.2) is 30.3 Å². The van der Waals surface area contributed by atoms with Gasteiger partial charge in [0.1, 0.15) is 0 Å². The van der Waals surface area contributed by atoms with Crippen LogP contribution in [0.25, 0.3) is 0 Å². The third-order valence-electron chi connectivity index (χ3n) is 4.38. The van der Waals surface area contributed by atoms with Gasteiger partial charge in [0.25, 0.3) is 0 Å². The largest absolute Gasteiger partial charge is 0.475 e. The Kier molecular flexibility index (Phi) is 3.78. The van der Waals surface area contributed by atoms with Crippen molar-refractivity contribution in [1.82, 2.24) is 10.2 Å². The van der Waals surface area contributed by atoms with E-state index in [1.54, 1.807) is 4.90 Å². The van der Waals surface area contributed by atoms with Gasteiger partial charge in [-0.3, -0.25) is 4.79 Å². The Morgan fingerprint density at radius 2 is 2.05 bits per heavy atom. The highest BCUT2D eigenvalue weighted by molar-refractivity contribution is 6.43. The zero-order valence-electron chi connectivity index (χ0n) is 11.3. The Morgan fingerprint density at radius 3 is 2.65 bits per heavy atom. The van der Waals surface area contributed by atoms with Gasteiger partial charge in [-0.05, 0) is 18.4 Å². The smallest absolute Gasteiger partial charge is 0.426 e. The first-order valence-corrected chi connectivity index (χ1v) is 7.13. The minimum Gasteiger partial charge on any atom is -0.426 e. The molecule has 3 atom stereocenters. The lowest BCUT2D eigenvalue weighted by molar-refractivity contribution is -0.136. The van der Waals surface area contributed by atoms with Crippen LogP contribution in [0.3, 0.4) is 0 Å². The Bertz CT molecular complexity index is 483. The van der Waals surface area contributed by atoms with Gasteiger partial charge in [-0.2, -0.15) is 0 Å². The molecule has 20 heavy (non-hydrogen) atoms. The second-order valence-electron chi connectivity index (χ2n) is 5.56. The zero-order valence-corrected chi connectivity index (χ0v) is 11.3. The molecule has 2 aliphatic rings. The number of amides is 1. The molecular weight excluding hydrogens is 255 g/mol. The quantitative estimate of drug-likeness (QED) is 0.664. The minimum absolute atomic E-state index is 0.0132. The number of rotatable bonds is 3. The lowest BCUT2D eigenvalue weighted by Gasteiger charge is -2.40. The van der Waals surface area contributed by atoms with Crippen LogP contribution in [0.1, 0.15) is 24.3 Å². The highest BCUT2D eigenvalue weighted by Gasteiger charge is 2.44. The first-order chi connectivity index (χ1) is 9.68. The van der Waals surface area contributed by atoms with E-state index in [1.165, 1.54) is 0 Å². The van der Waals surface area contributed by atoms with Crippen LogP contribution in [-0.2, 0) is 4.79 Å². The summed E-state index contributed by atoms with van der Waals surface area (Å²) in [4.78, 5) is 14.2. The van der Waals surface area contributed by atoms with Crippen LogP contribution >= 0.6 is 0 Å². The Balaban J connectivity index is 1.72. The molecule has 0 aliphatic carbocycles. The van der Waals surface area contributed by atoms with Crippen LogP contribution in [0.2, 0.25) is 0 Å². The van der Waals surface area contributed by atoms with Crippen LogP contribution in [0.4, 0.5) is 0 Å². The molecule has 0 bridgehead atoms. The number of carbonyl (C=O) groups is 1. The summed E-state index contributed by atoms with van der Waals surface area (Å²) in [7, 11) is -1.45. The topological polar surface area (TPSA) is 72.8 Å². The van der Waals surface area contributed by atoms with Gasteiger partial charge in [0.2, 0.25) is 5.91 Å². The number of benzene rings is 1. The van der Waals surface area contributed by atoms with E-state index in [9.17, 15) is 14.8 Å². The van der Waals surface area contributed by atoms with Crippen molar-refractivity contribution >= 4 is 13.0 Å². The summed E-state index contributed by atoms with van der Waals surface area (Å²) in [6.07, 6.45) is 1.49. The molecule has 3 N–H and O–H groups in total. The molecule has 0 spiro atoms. The SMILES string of the molecule is O=C([C@H]1NC[C@@H]1c1ccccc1)N1CCC[C@H]1B(O)O. The van der Waals surface area contributed by atoms with E-state index in [0.717, 1.165) is 18.5 Å². The summed E-state index contributed by atoms with van der Waals surface area (Å²) in [6.45, 7) is 1.40. The van der Waals surface area contributed by atoms with Crippen molar-refractivity contribution in [3.05, 3.63) is 35.9 Å². The molecule has 2 aliphatic heterocycles. The van der Waals surface area contributed by atoms with E-state index in [-0.39, 0.29) is 17.9 Å². The standard InChI is InChI=1S/C14H19BN2O3/c18-14(17-8-4-7-12(17)15(19)20)13-11(9-16-13)10-5-2-1-3-6-10/h1-3,5-6,11-13,16,19-20H,4,7-9H2/t11-,12+,13+/m1/s1. The summed E-state index contributed by atoms with van der Waals surface area (Å²) in [5.74, 6) is -0.289. The first-order valence-electron chi connectivity index (χ1n) is 7.13. The van der Waals surface area contributed by atoms with Crippen molar-refractivity contribution in [2.24, 2.45) is 0 Å². The van der Waals surface area contributed by atoms with Crippen molar-refractivity contribution in [3.63, 3.8) is 0 Å². The normalized spacial score (nSPS) is 29.1. The maximum atomic E-state index is 12.6. The molecule has 5 nitrogen and oxygen atoms in total. The molecule has 2 heterocycles. The number of nitrogens with zero attached hydrogens (tertiary/aromatic N) is 1. The lowest BCUT2D eigenvalue weighted by Crippen LogP contribution is -2.61. The Hall–Kier alpha value is -1.37. The summed E-state index contributed by atoms with van der Waals surface area (Å²) < 4.78 is 0. The van der Waals surface area contributed by atoms with Gasteiger partial charge in [0.05, 0.1) is 12.0 Å². The summed E-state index contributed by atoms with van der Waals surface area (Å²) >= 11 is 0. The van der Waals surface area contributed by atoms with E-state index in [4.69, 9.17) is 0 Å². The Labute approximate surface area is 118 Å². The van der Waals surface area contributed by atoms with E-state index in [1.807, 2.05) is 30.3 Å². The second kappa shape index (κ2) is 5.56. The number of hydrogen-bond acceptors (Lipinski definition) is 4. The molecule has 1 amide bonds. The van der Waals surface area contributed by atoms with Crippen molar-refractivity contribution in [3.8, 4) is 0 Å². The van der Waals surface area contributed by atoms with Gasteiger partial charge in [0.15, 0.2) is 0 Å². The summed E-state index contributed by atoms with van der Waals surface area (Å²) in [5.41, 5.74) is 1.16. The van der Waals surface area contributed by atoms with Crippen LogP contribution in [0.5, 0.6) is 0 Å². The number of nitrogens with one attached hydrogen (secondary N) is 1. The molecule has 2 fully saturated rings. The minimum atomic E-state index is -1.45. The second-order valence-corrected chi connectivity index (χ2v) is 5.56. The fourth-order valence-corrected chi connectivity index (χ4v) is 3.18. The lowest BCUT2D eigenvalue weighted by atomic mass is 9.77. The van der Waals surface area contributed by atoms with E-state index in [2.05, 4.69) is 5.32 Å². The van der Waals surface area contributed by atoms with Crippen molar-refractivity contribution in [1.29, 1.82) is 0 Å². The molecule has 0 aromatic heterocycles. The van der Waals surface area contributed by atoms with E-state index >= 15 is 0 Å². The predicted octanol–water partition coefficient (Wildman–Crippen LogP) is -0.255. The molecule has 1 aromatic rings. The highest BCUT2D eigenvalue weighted by atomic mass is 16.4. The number of hydrogen-bond donors (Lipinski definition) is 3. The van der Waals surface area contributed by atoms with Crippen molar-refractivity contribution in [2.75, 3.05) is 13.1 Å². The Morgan fingerprint density at radius 1 is 1.30 bits per heavy atom. The van der Waals surface area contributed by atoms with Gasteiger partial charge in [0, 0.05) is 19.0 Å². The van der Waals surface area contributed by atoms with Crippen molar-refractivity contribution < 1.29 is 14.8 Å². The van der Waals surface area contributed by atoms with Crippen LogP contribution < -0.4 is 5.32 Å². The molecule has 0 radical (unpaired) electrons. The van der Waals surface area contributed by atoms with Gasteiger partial charge in [-0.25, -0.2) is 0 Å². The fourth-order valence-electron chi connectivity index (χ4n) is 3.18. The average Bonchev–Trinajstić information content (AvgIpc) is 2.88. The summed E-state index contributed by atoms with van der Waals surface area (Å²) in [5, 5.41) is 21.9. The van der Waals surface area contributed by atoms with E-state index in [0.29, 0.717) is 13.0 Å². The molecule has 2 saturated heterocycles. The molecule has 1 aromatic carbocycles. The molecule has 0 saturated carbocycles. The third-order valence-corrected chi connectivity index (χ3v) is 4.38. The number of likely N-dealkylation sites (tertiary alicyclic amines) is 1. The first kappa shape index (κ1) is 13.6. The monoisotopic (exact) mass is 274 g/mol. The number of carbonyl (C=O) groups excluding carboxylic acids is 1. The molecular formula is C14H19BN2O3. The predicted molar refractivity (Wildman–Crippen MR) is 75.9 cm³/mol. The average molecular weight is 274 g/mol. The van der Waals surface area contributed by atoms with Crippen LogP contribution in [-0.4, -0.2) is 53.0 Å². The third kappa shape index (κ3) is 2.35. The molecule has 3 rings (SSSR count).